The van der Waals surface area contributed by atoms with Gasteiger partial charge in [0.15, 0.2) is 0 Å². The molecule has 104 valence electrons. The second-order valence-electron chi connectivity index (χ2n) is 5.32. The van der Waals surface area contributed by atoms with Crippen LogP contribution in [0.1, 0.15) is 32.2 Å². The standard InChI is InChI=1S/C10H17F3N4S/c1-9(2,3)4-6(14)5-15-8-17-16-7(18-8)10(11,12)13/h6H,4-5,14H2,1-3H3,(H,15,17). The Morgan fingerprint density at radius 2 is 1.89 bits per heavy atom. The molecular formula is C10H17F3N4S. The lowest BCUT2D eigenvalue weighted by Crippen LogP contribution is -2.33. The van der Waals surface area contributed by atoms with Crippen molar-refractivity contribution >= 4 is 16.5 Å². The molecule has 0 aliphatic carbocycles. The summed E-state index contributed by atoms with van der Waals surface area (Å²) < 4.78 is 36.8. The predicted molar refractivity (Wildman–Crippen MR) is 65.4 cm³/mol. The summed E-state index contributed by atoms with van der Waals surface area (Å²) in [6.07, 6.45) is -3.67. The molecule has 1 aromatic heterocycles. The van der Waals surface area contributed by atoms with Crippen LogP contribution in [-0.4, -0.2) is 22.8 Å². The molecule has 0 aliphatic rings. The number of nitrogens with two attached hydrogens (primary N) is 1. The van der Waals surface area contributed by atoms with Crippen molar-refractivity contribution in [1.82, 2.24) is 10.2 Å². The molecule has 3 N–H and O–H groups in total. The molecule has 1 atom stereocenters. The third-order valence-corrected chi connectivity index (χ3v) is 2.98. The number of anilines is 1. The fourth-order valence-corrected chi connectivity index (χ4v) is 2.10. The van der Waals surface area contributed by atoms with E-state index in [9.17, 15) is 13.2 Å². The molecule has 0 amide bonds. The lowest BCUT2D eigenvalue weighted by atomic mass is 9.88. The Labute approximate surface area is 108 Å². The zero-order chi connectivity index (χ0) is 14.0. The monoisotopic (exact) mass is 282 g/mol. The summed E-state index contributed by atoms with van der Waals surface area (Å²) >= 11 is 0.486. The minimum Gasteiger partial charge on any atom is -0.359 e. The van der Waals surface area contributed by atoms with Gasteiger partial charge >= 0.3 is 6.18 Å². The quantitative estimate of drug-likeness (QED) is 0.891. The Morgan fingerprint density at radius 3 is 2.33 bits per heavy atom. The number of hydrogen-bond donors (Lipinski definition) is 2. The predicted octanol–water partition coefficient (Wildman–Crippen LogP) is 2.73. The van der Waals surface area contributed by atoms with Crippen LogP contribution in [0.25, 0.3) is 0 Å². The van der Waals surface area contributed by atoms with Crippen LogP contribution >= 0.6 is 11.3 Å². The van der Waals surface area contributed by atoms with E-state index in [0.717, 1.165) is 6.42 Å². The van der Waals surface area contributed by atoms with Crippen LogP contribution in [0.3, 0.4) is 0 Å². The van der Waals surface area contributed by atoms with Crippen molar-refractivity contribution in [2.45, 2.75) is 39.4 Å². The van der Waals surface area contributed by atoms with E-state index in [1.54, 1.807) is 0 Å². The number of rotatable bonds is 4. The van der Waals surface area contributed by atoms with E-state index < -0.39 is 11.2 Å². The normalized spacial score (nSPS) is 14.6. The first-order valence-corrected chi connectivity index (χ1v) is 6.30. The molecule has 4 nitrogen and oxygen atoms in total. The fourth-order valence-electron chi connectivity index (χ4n) is 1.49. The van der Waals surface area contributed by atoms with Gasteiger partial charge in [0.2, 0.25) is 10.1 Å². The number of nitrogens with zero attached hydrogens (tertiary/aromatic N) is 2. The first-order valence-electron chi connectivity index (χ1n) is 5.48. The summed E-state index contributed by atoms with van der Waals surface area (Å²) in [6.45, 7) is 6.54. The first kappa shape index (κ1) is 15.2. The van der Waals surface area contributed by atoms with Gasteiger partial charge in [-0.1, -0.05) is 32.1 Å². The Balaban J connectivity index is 2.47. The maximum absolute atomic E-state index is 12.3. The van der Waals surface area contributed by atoms with Gasteiger partial charge in [-0.3, -0.25) is 0 Å². The van der Waals surface area contributed by atoms with Gasteiger partial charge in [-0.25, -0.2) is 0 Å². The molecule has 0 aliphatic heterocycles. The molecule has 1 unspecified atom stereocenters. The molecule has 0 fully saturated rings. The summed E-state index contributed by atoms with van der Waals surface area (Å²) in [7, 11) is 0. The molecule has 8 heteroatoms. The van der Waals surface area contributed by atoms with Gasteiger partial charge in [0, 0.05) is 12.6 Å². The zero-order valence-corrected chi connectivity index (χ0v) is 11.3. The molecule has 0 bridgehead atoms. The van der Waals surface area contributed by atoms with Gasteiger partial charge < -0.3 is 11.1 Å². The zero-order valence-electron chi connectivity index (χ0n) is 10.5. The smallest absolute Gasteiger partial charge is 0.359 e. The molecule has 0 aromatic carbocycles. The van der Waals surface area contributed by atoms with Gasteiger partial charge in [-0.05, 0) is 11.8 Å². The lowest BCUT2D eigenvalue weighted by molar-refractivity contribution is -0.138. The van der Waals surface area contributed by atoms with Gasteiger partial charge in [-0.2, -0.15) is 13.2 Å². The SMILES string of the molecule is CC(C)(C)CC(N)CNc1nnc(C(F)(F)F)s1. The van der Waals surface area contributed by atoms with Gasteiger partial charge in [-0.15, -0.1) is 10.2 Å². The minimum atomic E-state index is -4.44. The molecule has 1 heterocycles. The highest BCUT2D eigenvalue weighted by Gasteiger charge is 2.35. The summed E-state index contributed by atoms with van der Waals surface area (Å²) in [5, 5.41) is 8.49. The van der Waals surface area contributed by atoms with Crippen LogP contribution in [0.5, 0.6) is 0 Å². The second kappa shape index (κ2) is 5.40. The van der Waals surface area contributed by atoms with Crippen molar-refractivity contribution in [3.05, 3.63) is 5.01 Å². The van der Waals surface area contributed by atoms with Crippen LogP contribution in [0.2, 0.25) is 0 Å². The Kier molecular flexibility index (Phi) is 4.55. The van der Waals surface area contributed by atoms with Gasteiger partial charge in [0.05, 0.1) is 0 Å². The summed E-state index contributed by atoms with van der Waals surface area (Å²) in [5.41, 5.74) is 5.95. The molecule has 1 aromatic rings. The van der Waals surface area contributed by atoms with Crippen molar-refractivity contribution in [2.75, 3.05) is 11.9 Å². The summed E-state index contributed by atoms with van der Waals surface area (Å²) in [4.78, 5) is 0. The van der Waals surface area contributed by atoms with Crippen LogP contribution in [-0.2, 0) is 6.18 Å². The average Bonchev–Trinajstić information content (AvgIpc) is 2.59. The summed E-state index contributed by atoms with van der Waals surface area (Å²) in [6, 6.07) is -0.136. The molecule has 1 rings (SSSR count). The van der Waals surface area contributed by atoms with Crippen LogP contribution < -0.4 is 11.1 Å². The van der Waals surface area contributed by atoms with E-state index in [4.69, 9.17) is 5.73 Å². The topological polar surface area (TPSA) is 63.8 Å². The van der Waals surface area contributed by atoms with E-state index in [2.05, 4.69) is 36.3 Å². The largest absolute Gasteiger partial charge is 0.445 e. The first-order chi connectivity index (χ1) is 8.08. The van der Waals surface area contributed by atoms with E-state index in [1.165, 1.54) is 0 Å². The molecular weight excluding hydrogens is 265 g/mol. The van der Waals surface area contributed by atoms with Crippen LogP contribution in [0.4, 0.5) is 18.3 Å². The van der Waals surface area contributed by atoms with Crippen molar-refractivity contribution < 1.29 is 13.2 Å². The molecule has 0 saturated heterocycles. The molecule has 0 saturated carbocycles. The highest BCUT2D eigenvalue weighted by atomic mass is 32.1. The van der Waals surface area contributed by atoms with Crippen molar-refractivity contribution in [1.29, 1.82) is 0 Å². The van der Waals surface area contributed by atoms with Crippen LogP contribution in [0.15, 0.2) is 0 Å². The van der Waals surface area contributed by atoms with Crippen molar-refractivity contribution in [2.24, 2.45) is 11.1 Å². The third kappa shape index (κ3) is 5.18. The number of alkyl halides is 3. The highest BCUT2D eigenvalue weighted by molar-refractivity contribution is 7.15. The number of aromatic nitrogens is 2. The van der Waals surface area contributed by atoms with Gasteiger partial charge in [0.1, 0.15) is 0 Å². The minimum absolute atomic E-state index is 0.0827. The average molecular weight is 282 g/mol. The van der Waals surface area contributed by atoms with Gasteiger partial charge in [0.25, 0.3) is 0 Å². The maximum atomic E-state index is 12.3. The van der Waals surface area contributed by atoms with Crippen molar-refractivity contribution in [3.8, 4) is 0 Å². The Morgan fingerprint density at radius 1 is 1.28 bits per heavy atom. The Bertz CT molecular complexity index is 383. The molecule has 0 spiro atoms. The molecule has 0 radical (unpaired) electrons. The van der Waals surface area contributed by atoms with E-state index in [1.807, 2.05) is 0 Å². The third-order valence-electron chi connectivity index (χ3n) is 2.06. The van der Waals surface area contributed by atoms with Crippen molar-refractivity contribution in [3.63, 3.8) is 0 Å². The number of halogens is 3. The van der Waals surface area contributed by atoms with E-state index in [-0.39, 0.29) is 16.6 Å². The number of hydrogen-bond acceptors (Lipinski definition) is 5. The lowest BCUT2D eigenvalue weighted by Gasteiger charge is -2.23. The van der Waals surface area contributed by atoms with Crippen LogP contribution in [0, 0.1) is 5.41 Å². The van der Waals surface area contributed by atoms with E-state index in [0.29, 0.717) is 17.9 Å². The highest BCUT2D eigenvalue weighted by Crippen LogP contribution is 2.33. The Hall–Kier alpha value is -0.890. The second-order valence-corrected chi connectivity index (χ2v) is 6.29. The maximum Gasteiger partial charge on any atom is 0.445 e. The number of nitrogens with one attached hydrogen (secondary N) is 1. The fraction of sp³-hybridized carbons (Fsp3) is 0.800. The summed E-state index contributed by atoms with van der Waals surface area (Å²) in [5.74, 6) is 0. The molecule has 18 heavy (non-hydrogen) atoms. The van der Waals surface area contributed by atoms with E-state index >= 15 is 0 Å².